The van der Waals surface area contributed by atoms with E-state index in [1.54, 1.807) is 47.6 Å². The van der Waals surface area contributed by atoms with E-state index in [1.165, 1.54) is 7.11 Å². The van der Waals surface area contributed by atoms with Gasteiger partial charge in [0.05, 0.1) is 7.11 Å². The molecule has 0 unspecified atom stereocenters. The number of hydrogen-bond donors (Lipinski definition) is 2. The number of amides is 2. The van der Waals surface area contributed by atoms with Gasteiger partial charge in [0.15, 0.2) is 0 Å². The number of methoxy groups -OCH3 is 1. The van der Waals surface area contributed by atoms with E-state index in [0.717, 1.165) is 0 Å². The van der Waals surface area contributed by atoms with Crippen LogP contribution in [0.15, 0.2) is 12.7 Å². The summed E-state index contributed by atoms with van der Waals surface area (Å²) in [4.78, 5) is 36.3. The maximum absolute atomic E-state index is 12.5. The van der Waals surface area contributed by atoms with Crippen molar-refractivity contribution < 1.29 is 23.9 Å². The molecule has 0 aromatic heterocycles. The first-order valence-electron chi connectivity index (χ1n) is 7.93. The molecule has 2 N–H and O–H groups in total. The van der Waals surface area contributed by atoms with Crippen LogP contribution in [0, 0.1) is 11.8 Å². The van der Waals surface area contributed by atoms with Crippen molar-refractivity contribution in [2.24, 2.45) is 11.8 Å². The van der Waals surface area contributed by atoms with Gasteiger partial charge in [-0.3, -0.25) is 4.79 Å². The molecular weight excluding hydrogens is 312 g/mol. The SMILES string of the molecule is C=C[C@H](C)[C@@H](NC(=O)[C@@H](NC(=O)OC(C)(C)C)C(C)C)C(=O)OC. The Morgan fingerprint density at radius 3 is 1.96 bits per heavy atom. The number of carbonyl (C=O) groups is 3. The molecule has 0 aliphatic rings. The van der Waals surface area contributed by atoms with Crippen molar-refractivity contribution in [1.82, 2.24) is 10.6 Å². The first-order chi connectivity index (χ1) is 10.9. The van der Waals surface area contributed by atoms with Crippen molar-refractivity contribution in [3.8, 4) is 0 Å². The van der Waals surface area contributed by atoms with Gasteiger partial charge in [-0.1, -0.05) is 26.8 Å². The highest BCUT2D eigenvalue weighted by Gasteiger charge is 2.32. The van der Waals surface area contributed by atoms with Gasteiger partial charge in [0.25, 0.3) is 0 Å². The molecule has 0 aliphatic carbocycles. The first kappa shape index (κ1) is 21.9. The van der Waals surface area contributed by atoms with Crippen molar-refractivity contribution in [3.05, 3.63) is 12.7 Å². The van der Waals surface area contributed by atoms with Crippen LogP contribution in [0.5, 0.6) is 0 Å². The van der Waals surface area contributed by atoms with Gasteiger partial charge in [0.1, 0.15) is 17.7 Å². The van der Waals surface area contributed by atoms with Crippen molar-refractivity contribution in [2.45, 2.75) is 59.2 Å². The van der Waals surface area contributed by atoms with Crippen molar-refractivity contribution in [3.63, 3.8) is 0 Å². The Bertz CT molecular complexity index is 468. The van der Waals surface area contributed by atoms with Crippen LogP contribution in [0.1, 0.15) is 41.5 Å². The Hall–Kier alpha value is -2.05. The third kappa shape index (κ3) is 7.48. The minimum Gasteiger partial charge on any atom is -0.467 e. The molecule has 0 spiro atoms. The third-order valence-electron chi connectivity index (χ3n) is 3.27. The van der Waals surface area contributed by atoms with Crippen LogP contribution in [0.25, 0.3) is 0 Å². The van der Waals surface area contributed by atoms with Crippen LogP contribution in [0.3, 0.4) is 0 Å². The van der Waals surface area contributed by atoms with E-state index in [9.17, 15) is 14.4 Å². The lowest BCUT2D eigenvalue weighted by Crippen LogP contribution is -2.55. The Morgan fingerprint density at radius 1 is 1.04 bits per heavy atom. The lowest BCUT2D eigenvalue weighted by molar-refractivity contribution is -0.146. The fraction of sp³-hybridized carbons (Fsp3) is 0.706. The second kappa shape index (κ2) is 9.30. The molecule has 7 nitrogen and oxygen atoms in total. The van der Waals surface area contributed by atoms with Crippen LogP contribution in [0.2, 0.25) is 0 Å². The zero-order valence-corrected chi connectivity index (χ0v) is 15.6. The highest BCUT2D eigenvalue weighted by molar-refractivity contribution is 5.90. The lowest BCUT2D eigenvalue weighted by atomic mass is 9.99. The molecule has 0 saturated carbocycles. The smallest absolute Gasteiger partial charge is 0.408 e. The summed E-state index contributed by atoms with van der Waals surface area (Å²) in [6.45, 7) is 14.1. The van der Waals surface area contributed by atoms with E-state index in [2.05, 4.69) is 17.2 Å². The zero-order chi connectivity index (χ0) is 19.1. The summed E-state index contributed by atoms with van der Waals surface area (Å²) in [5, 5.41) is 5.15. The van der Waals surface area contributed by atoms with Gasteiger partial charge in [-0.05, 0) is 26.7 Å². The minimum atomic E-state index is -0.873. The monoisotopic (exact) mass is 342 g/mol. The predicted octanol–water partition coefficient (Wildman–Crippen LogP) is 2.02. The highest BCUT2D eigenvalue weighted by atomic mass is 16.6. The number of ether oxygens (including phenoxy) is 2. The second-order valence-corrected chi connectivity index (χ2v) is 6.97. The summed E-state index contributed by atoms with van der Waals surface area (Å²) in [5.41, 5.74) is -0.673. The standard InChI is InChI=1S/C17H30N2O5/c1-9-11(4)13(15(21)23-8)18-14(20)12(10(2)3)19-16(22)24-17(5,6)7/h9-13H,1H2,2-8H3,(H,18,20)(H,19,22)/t11-,12-,13+/m0/s1. The fourth-order valence-electron chi connectivity index (χ4n) is 1.88. The summed E-state index contributed by atoms with van der Waals surface area (Å²) in [6, 6.07) is -1.72. The van der Waals surface area contributed by atoms with Gasteiger partial charge >= 0.3 is 12.1 Å². The molecule has 138 valence electrons. The third-order valence-corrected chi connectivity index (χ3v) is 3.27. The molecule has 0 radical (unpaired) electrons. The van der Waals surface area contributed by atoms with Gasteiger partial charge in [-0.15, -0.1) is 6.58 Å². The number of hydrogen-bond acceptors (Lipinski definition) is 5. The Labute approximate surface area is 144 Å². The molecule has 7 heteroatoms. The van der Waals surface area contributed by atoms with E-state index in [1.807, 2.05) is 0 Å². The molecule has 0 aliphatic heterocycles. The predicted molar refractivity (Wildman–Crippen MR) is 91.3 cm³/mol. The Morgan fingerprint density at radius 2 is 1.58 bits per heavy atom. The van der Waals surface area contributed by atoms with E-state index in [-0.39, 0.29) is 11.8 Å². The van der Waals surface area contributed by atoms with Crippen LogP contribution < -0.4 is 10.6 Å². The molecule has 0 saturated heterocycles. The molecule has 0 bridgehead atoms. The van der Waals surface area contributed by atoms with Crippen LogP contribution in [-0.4, -0.2) is 42.8 Å². The average Bonchev–Trinajstić information content (AvgIpc) is 2.46. The van der Waals surface area contributed by atoms with E-state index in [0.29, 0.717) is 0 Å². The lowest BCUT2D eigenvalue weighted by Gasteiger charge is -2.27. The highest BCUT2D eigenvalue weighted by Crippen LogP contribution is 2.11. The van der Waals surface area contributed by atoms with E-state index >= 15 is 0 Å². The summed E-state index contributed by atoms with van der Waals surface area (Å²) >= 11 is 0. The van der Waals surface area contributed by atoms with Crippen molar-refractivity contribution >= 4 is 18.0 Å². The van der Waals surface area contributed by atoms with Crippen molar-refractivity contribution in [2.75, 3.05) is 7.11 Å². The molecule has 3 atom stereocenters. The number of carbonyl (C=O) groups excluding carboxylic acids is 3. The van der Waals surface area contributed by atoms with Crippen molar-refractivity contribution in [1.29, 1.82) is 0 Å². The van der Waals surface area contributed by atoms with Crippen LogP contribution in [0.4, 0.5) is 4.79 Å². The minimum absolute atomic E-state index is 0.199. The molecule has 0 aromatic rings. The molecular formula is C17H30N2O5. The largest absolute Gasteiger partial charge is 0.467 e. The van der Waals surface area contributed by atoms with Gasteiger partial charge in [-0.25, -0.2) is 9.59 Å². The molecule has 0 rings (SSSR count). The summed E-state index contributed by atoms with van der Waals surface area (Å²) in [6.07, 6.45) is 0.857. The summed E-state index contributed by atoms with van der Waals surface area (Å²) in [5.74, 6) is -1.58. The quantitative estimate of drug-likeness (QED) is 0.545. The molecule has 0 fully saturated rings. The Balaban J connectivity index is 5.11. The zero-order valence-electron chi connectivity index (χ0n) is 15.6. The number of alkyl carbamates (subject to hydrolysis) is 1. The topological polar surface area (TPSA) is 93.7 Å². The van der Waals surface area contributed by atoms with Gasteiger partial charge in [0, 0.05) is 5.92 Å². The Kier molecular flexibility index (Phi) is 8.50. The normalized spacial score (nSPS) is 15.0. The number of nitrogens with one attached hydrogen (secondary N) is 2. The number of esters is 1. The van der Waals surface area contributed by atoms with Gasteiger partial charge in [0.2, 0.25) is 5.91 Å². The average molecular weight is 342 g/mol. The molecule has 24 heavy (non-hydrogen) atoms. The van der Waals surface area contributed by atoms with Gasteiger partial charge < -0.3 is 20.1 Å². The van der Waals surface area contributed by atoms with Gasteiger partial charge in [-0.2, -0.15) is 0 Å². The molecule has 0 aromatic carbocycles. The van der Waals surface area contributed by atoms with Crippen LogP contribution >= 0.6 is 0 Å². The van der Waals surface area contributed by atoms with E-state index in [4.69, 9.17) is 9.47 Å². The molecule has 2 amide bonds. The maximum atomic E-state index is 12.5. The van der Waals surface area contributed by atoms with E-state index < -0.39 is 35.7 Å². The fourth-order valence-corrected chi connectivity index (χ4v) is 1.88. The summed E-state index contributed by atoms with van der Waals surface area (Å²) < 4.78 is 9.88. The first-order valence-corrected chi connectivity index (χ1v) is 7.93. The number of rotatable bonds is 7. The second-order valence-electron chi connectivity index (χ2n) is 6.97. The maximum Gasteiger partial charge on any atom is 0.408 e. The van der Waals surface area contributed by atoms with Crippen LogP contribution in [-0.2, 0) is 19.1 Å². The molecule has 0 heterocycles. The summed E-state index contributed by atoms with van der Waals surface area (Å²) in [7, 11) is 1.25.